The number of rotatable bonds is 6. The van der Waals surface area contributed by atoms with Crippen LogP contribution in [0, 0.1) is 0 Å². The minimum atomic E-state index is 0.518. The fourth-order valence-corrected chi connectivity index (χ4v) is 4.19. The zero-order valence-electron chi connectivity index (χ0n) is 19.5. The standard InChI is InChI=1S/C32H32/c1-23(2)25-15-19-29(20-16-25)32(30-21-17-26(18-22-30)24(3)4)31(27-11-7-5-8-12-27)28-13-9-6-10-14-28/h5-24H,1-4H3. The summed E-state index contributed by atoms with van der Waals surface area (Å²) in [5.41, 5.74) is 10.2. The Bertz CT molecular complexity index is 1070. The van der Waals surface area contributed by atoms with Crippen molar-refractivity contribution in [3.05, 3.63) is 143 Å². The van der Waals surface area contributed by atoms with Gasteiger partial charge in [-0.1, -0.05) is 137 Å². The maximum absolute atomic E-state index is 2.28. The lowest BCUT2D eigenvalue weighted by Crippen LogP contribution is -1.99. The van der Waals surface area contributed by atoms with E-state index in [2.05, 4.69) is 137 Å². The molecule has 0 saturated heterocycles. The maximum atomic E-state index is 2.28. The van der Waals surface area contributed by atoms with E-state index >= 15 is 0 Å². The molecule has 32 heavy (non-hydrogen) atoms. The number of hydrogen-bond donors (Lipinski definition) is 0. The van der Waals surface area contributed by atoms with Crippen LogP contribution in [-0.2, 0) is 0 Å². The van der Waals surface area contributed by atoms with Gasteiger partial charge in [-0.2, -0.15) is 0 Å². The van der Waals surface area contributed by atoms with E-state index in [4.69, 9.17) is 0 Å². The van der Waals surface area contributed by atoms with Crippen LogP contribution in [0.2, 0.25) is 0 Å². The highest BCUT2D eigenvalue weighted by molar-refractivity contribution is 6.04. The molecule has 0 aliphatic rings. The summed E-state index contributed by atoms with van der Waals surface area (Å²) >= 11 is 0. The first-order chi connectivity index (χ1) is 15.5. The van der Waals surface area contributed by atoms with Crippen molar-refractivity contribution in [1.29, 1.82) is 0 Å². The van der Waals surface area contributed by atoms with Crippen LogP contribution < -0.4 is 0 Å². The van der Waals surface area contributed by atoms with E-state index in [1.165, 1.54) is 44.5 Å². The molecule has 0 heterocycles. The van der Waals surface area contributed by atoms with E-state index in [0.29, 0.717) is 11.8 Å². The molecule has 0 fully saturated rings. The van der Waals surface area contributed by atoms with Gasteiger partial charge in [0.15, 0.2) is 0 Å². The Labute approximate surface area is 193 Å². The van der Waals surface area contributed by atoms with E-state index in [1.807, 2.05) is 0 Å². The third-order valence-electron chi connectivity index (χ3n) is 6.11. The third kappa shape index (κ3) is 4.75. The fourth-order valence-electron chi connectivity index (χ4n) is 4.19. The molecule has 0 aliphatic heterocycles. The highest BCUT2D eigenvalue weighted by atomic mass is 14.2. The van der Waals surface area contributed by atoms with Crippen molar-refractivity contribution < 1.29 is 0 Å². The highest BCUT2D eigenvalue weighted by Crippen LogP contribution is 2.37. The SMILES string of the molecule is CC(C)c1ccc(C(=C(c2ccccc2)c2ccccc2)c2ccc(C(C)C)cc2)cc1. The van der Waals surface area contributed by atoms with E-state index in [0.717, 1.165) is 0 Å². The Kier molecular flexibility index (Phi) is 6.71. The first-order valence-corrected chi connectivity index (χ1v) is 11.6. The summed E-state index contributed by atoms with van der Waals surface area (Å²) in [5, 5.41) is 0. The Morgan fingerprint density at radius 3 is 0.938 bits per heavy atom. The minimum absolute atomic E-state index is 0.518. The Morgan fingerprint density at radius 2 is 0.656 bits per heavy atom. The molecule has 4 rings (SSSR count). The maximum Gasteiger partial charge on any atom is -0.00268 e. The average Bonchev–Trinajstić information content (AvgIpc) is 2.84. The van der Waals surface area contributed by atoms with Crippen molar-refractivity contribution >= 4 is 11.1 Å². The van der Waals surface area contributed by atoms with Crippen LogP contribution in [0.5, 0.6) is 0 Å². The molecule has 0 saturated carbocycles. The van der Waals surface area contributed by atoms with Crippen molar-refractivity contribution in [3.63, 3.8) is 0 Å². The molecule has 0 bridgehead atoms. The normalized spacial score (nSPS) is 11.1. The molecule has 0 aliphatic carbocycles. The molecule has 0 spiro atoms. The van der Waals surface area contributed by atoms with Gasteiger partial charge in [0.05, 0.1) is 0 Å². The second kappa shape index (κ2) is 9.83. The van der Waals surface area contributed by atoms with Gasteiger partial charge in [-0.15, -0.1) is 0 Å². The van der Waals surface area contributed by atoms with Gasteiger partial charge in [0, 0.05) is 0 Å². The lowest BCUT2D eigenvalue weighted by atomic mass is 9.84. The van der Waals surface area contributed by atoms with E-state index in [-0.39, 0.29) is 0 Å². The smallest absolute Gasteiger partial charge is 0.00268 e. The molecule has 0 N–H and O–H groups in total. The average molecular weight is 417 g/mol. The van der Waals surface area contributed by atoms with E-state index in [9.17, 15) is 0 Å². The monoisotopic (exact) mass is 416 g/mol. The topological polar surface area (TPSA) is 0 Å². The predicted octanol–water partition coefficient (Wildman–Crippen LogP) is 8.94. The van der Waals surface area contributed by atoms with Gasteiger partial charge in [0.25, 0.3) is 0 Å². The molecule has 0 nitrogen and oxygen atoms in total. The Balaban J connectivity index is 2.02. The number of hydrogen-bond acceptors (Lipinski definition) is 0. The first kappa shape index (κ1) is 21.8. The molecule has 0 aromatic heterocycles. The van der Waals surface area contributed by atoms with Crippen LogP contribution in [0.15, 0.2) is 109 Å². The van der Waals surface area contributed by atoms with Crippen LogP contribution in [-0.4, -0.2) is 0 Å². The van der Waals surface area contributed by atoms with Crippen molar-refractivity contribution in [2.45, 2.75) is 39.5 Å². The van der Waals surface area contributed by atoms with Crippen LogP contribution in [0.3, 0.4) is 0 Å². The molecule has 0 heteroatoms. The summed E-state index contributed by atoms with van der Waals surface area (Å²) in [6.45, 7) is 8.98. The summed E-state index contributed by atoms with van der Waals surface area (Å²) in [6, 6.07) is 39.8. The van der Waals surface area contributed by atoms with Crippen molar-refractivity contribution in [1.82, 2.24) is 0 Å². The van der Waals surface area contributed by atoms with Gasteiger partial charge in [-0.25, -0.2) is 0 Å². The van der Waals surface area contributed by atoms with Crippen molar-refractivity contribution in [2.24, 2.45) is 0 Å². The molecule has 4 aromatic carbocycles. The number of benzene rings is 4. The largest absolute Gasteiger partial charge is 0.0622 e. The molecule has 4 aromatic rings. The summed E-state index contributed by atoms with van der Waals surface area (Å²) in [6.07, 6.45) is 0. The molecule has 0 unspecified atom stereocenters. The molecule has 0 amide bonds. The predicted molar refractivity (Wildman–Crippen MR) is 139 cm³/mol. The van der Waals surface area contributed by atoms with Crippen molar-refractivity contribution in [3.8, 4) is 0 Å². The van der Waals surface area contributed by atoms with Crippen molar-refractivity contribution in [2.75, 3.05) is 0 Å². The lowest BCUT2D eigenvalue weighted by molar-refractivity contribution is 0.866. The quantitative estimate of drug-likeness (QED) is 0.275. The van der Waals surface area contributed by atoms with Gasteiger partial charge >= 0.3 is 0 Å². The summed E-state index contributed by atoms with van der Waals surface area (Å²) in [5.74, 6) is 1.04. The van der Waals surface area contributed by atoms with Gasteiger partial charge in [-0.05, 0) is 56.4 Å². The zero-order valence-corrected chi connectivity index (χ0v) is 19.5. The molecule has 0 radical (unpaired) electrons. The first-order valence-electron chi connectivity index (χ1n) is 11.6. The third-order valence-corrected chi connectivity index (χ3v) is 6.11. The Hall–Kier alpha value is -3.38. The van der Waals surface area contributed by atoms with Gasteiger partial charge in [0.2, 0.25) is 0 Å². The van der Waals surface area contributed by atoms with Crippen LogP contribution in [0.4, 0.5) is 0 Å². The Morgan fingerprint density at radius 1 is 0.375 bits per heavy atom. The van der Waals surface area contributed by atoms with Gasteiger partial charge in [0.1, 0.15) is 0 Å². The zero-order chi connectivity index (χ0) is 22.5. The summed E-state index contributed by atoms with van der Waals surface area (Å²) in [4.78, 5) is 0. The second-order valence-electron chi connectivity index (χ2n) is 9.04. The minimum Gasteiger partial charge on any atom is -0.0622 e. The lowest BCUT2D eigenvalue weighted by Gasteiger charge is -2.19. The highest BCUT2D eigenvalue weighted by Gasteiger charge is 2.16. The molecular formula is C32H32. The van der Waals surface area contributed by atoms with Crippen LogP contribution in [0.1, 0.15) is 72.9 Å². The van der Waals surface area contributed by atoms with Gasteiger partial charge in [-0.3, -0.25) is 0 Å². The summed E-state index contributed by atoms with van der Waals surface area (Å²) < 4.78 is 0. The summed E-state index contributed by atoms with van der Waals surface area (Å²) in [7, 11) is 0. The second-order valence-corrected chi connectivity index (χ2v) is 9.04. The molecular weight excluding hydrogens is 384 g/mol. The fraction of sp³-hybridized carbons (Fsp3) is 0.188. The van der Waals surface area contributed by atoms with Crippen LogP contribution >= 0.6 is 0 Å². The molecule has 0 atom stereocenters. The van der Waals surface area contributed by atoms with E-state index < -0.39 is 0 Å². The van der Waals surface area contributed by atoms with Gasteiger partial charge < -0.3 is 0 Å². The van der Waals surface area contributed by atoms with E-state index in [1.54, 1.807) is 0 Å². The van der Waals surface area contributed by atoms with Crippen LogP contribution in [0.25, 0.3) is 11.1 Å². The molecule has 160 valence electrons.